The van der Waals surface area contributed by atoms with Crippen molar-refractivity contribution in [3.63, 3.8) is 0 Å². The Balaban J connectivity index is 2.07. The van der Waals surface area contributed by atoms with Crippen LogP contribution in [-0.2, 0) is 0 Å². The van der Waals surface area contributed by atoms with Gasteiger partial charge in [0.1, 0.15) is 5.69 Å². The first-order valence-electron chi connectivity index (χ1n) is 10.8. The molecule has 0 bridgehead atoms. The molecule has 0 unspecified atom stereocenters. The highest BCUT2D eigenvalue weighted by atomic mass is 35.5. The molecule has 0 radical (unpaired) electrons. The molecule has 2 heterocycles. The summed E-state index contributed by atoms with van der Waals surface area (Å²) in [6.45, 7) is 5.26. The summed E-state index contributed by atoms with van der Waals surface area (Å²) in [7, 11) is 0. The molecular weight excluding hydrogens is 513 g/mol. The molecule has 0 aliphatic carbocycles. The number of alkyl halides is 3. The normalized spacial score (nSPS) is 11.5. The third kappa shape index (κ3) is 6.98. The van der Waals surface area contributed by atoms with Gasteiger partial charge in [-0.05, 0) is 57.5 Å². The second kappa shape index (κ2) is 10.5. The number of carbonyl (C=O) groups is 2. The Hall–Kier alpha value is -4.11. The summed E-state index contributed by atoms with van der Waals surface area (Å²) in [5.74, 6) is -1.91. The van der Waals surface area contributed by atoms with Crippen molar-refractivity contribution in [2.24, 2.45) is 0 Å². The molecule has 2 N–H and O–H groups in total. The van der Waals surface area contributed by atoms with Crippen molar-refractivity contribution in [3.05, 3.63) is 63.9 Å². The number of nitrogens with zero attached hydrogens (tertiary/aromatic N) is 4. The Morgan fingerprint density at radius 2 is 1.89 bits per heavy atom. The molecule has 2 amide bonds. The predicted molar refractivity (Wildman–Crippen MR) is 129 cm³/mol. The number of amides is 2. The van der Waals surface area contributed by atoms with Crippen LogP contribution in [0.4, 0.5) is 18.9 Å². The lowest BCUT2D eigenvalue weighted by atomic mass is 10.0. The minimum atomic E-state index is -4.64. The molecule has 3 rings (SSSR count). The zero-order valence-electron chi connectivity index (χ0n) is 20.2. The predicted octanol–water partition coefficient (Wildman–Crippen LogP) is 4.82. The van der Waals surface area contributed by atoms with Crippen LogP contribution in [0.3, 0.4) is 0 Å². The topological polar surface area (TPSA) is 122 Å². The summed E-state index contributed by atoms with van der Waals surface area (Å²) >= 11 is 6.18. The Labute approximate surface area is 215 Å². The number of nitriles is 1. The summed E-state index contributed by atoms with van der Waals surface area (Å²) in [4.78, 5) is 30.4. The minimum Gasteiger partial charge on any atom is -0.467 e. The van der Waals surface area contributed by atoms with Gasteiger partial charge in [0.25, 0.3) is 11.8 Å². The largest absolute Gasteiger partial charge is 0.467 e. The van der Waals surface area contributed by atoms with Crippen LogP contribution in [0.15, 0.2) is 36.5 Å². The Bertz CT molecular complexity index is 1390. The number of carbonyl (C=O) groups excluding carboxylic acids is 2. The van der Waals surface area contributed by atoms with E-state index in [-0.39, 0.29) is 33.3 Å². The maximum atomic E-state index is 13.4. The van der Waals surface area contributed by atoms with Gasteiger partial charge in [-0.25, -0.2) is 9.67 Å². The average molecular weight is 535 g/mol. The number of anilines is 1. The molecule has 0 saturated heterocycles. The maximum Gasteiger partial charge on any atom is 0.422 e. The average Bonchev–Trinajstić information content (AvgIpc) is 3.21. The van der Waals surface area contributed by atoms with Crippen molar-refractivity contribution < 1.29 is 27.5 Å². The third-order valence-electron chi connectivity index (χ3n) is 4.68. The van der Waals surface area contributed by atoms with Crippen LogP contribution in [0.25, 0.3) is 5.82 Å². The summed E-state index contributed by atoms with van der Waals surface area (Å²) in [5, 5.41) is 18.7. The second-order valence-electron chi connectivity index (χ2n) is 8.98. The van der Waals surface area contributed by atoms with Gasteiger partial charge in [-0.1, -0.05) is 11.6 Å². The van der Waals surface area contributed by atoms with Crippen molar-refractivity contribution in [2.75, 3.05) is 11.9 Å². The second-order valence-corrected chi connectivity index (χ2v) is 9.39. The smallest absolute Gasteiger partial charge is 0.422 e. The van der Waals surface area contributed by atoms with Crippen LogP contribution in [-0.4, -0.2) is 44.9 Å². The highest BCUT2D eigenvalue weighted by Gasteiger charge is 2.30. The van der Waals surface area contributed by atoms with Gasteiger partial charge in [-0.3, -0.25) is 9.59 Å². The number of pyridine rings is 1. The molecular formula is C24H22ClF3N6O3. The fourth-order valence-electron chi connectivity index (χ4n) is 3.22. The van der Waals surface area contributed by atoms with Crippen molar-refractivity contribution in [3.8, 4) is 17.8 Å². The van der Waals surface area contributed by atoms with E-state index >= 15 is 0 Å². The zero-order valence-corrected chi connectivity index (χ0v) is 21.0. The van der Waals surface area contributed by atoms with Crippen LogP contribution < -0.4 is 15.4 Å². The molecule has 0 aliphatic rings. The van der Waals surface area contributed by atoms with Crippen LogP contribution >= 0.6 is 11.6 Å². The van der Waals surface area contributed by atoms with Gasteiger partial charge < -0.3 is 15.4 Å². The van der Waals surface area contributed by atoms with E-state index in [9.17, 15) is 28.0 Å². The Kier molecular flexibility index (Phi) is 7.78. The molecule has 0 atom stereocenters. The lowest BCUT2D eigenvalue weighted by molar-refractivity contribution is -0.154. The molecule has 0 fully saturated rings. The van der Waals surface area contributed by atoms with E-state index in [1.807, 2.05) is 6.07 Å². The number of ether oxygens (including phenoxy) is 1. The molecule has 1 aromatic carbocycles. The number of halogens is 4. The maximum absolute atomic E-state index is 13.4. The first kappa shape index (κ1) is 27.5. The standard InChI is InChI=1S/C24H22ClF3N6O3/c1-13-8-14(11-29)9-15(21(35)32-23(2,3)4)19(13)31-22(36)17-10-18(37-12-24(26,27)28)33-34(17)20-16(25)6-5-7-30-20/h5-10H,12H2,1-4H3,(H,31,36)(H,32,35). The summed E-state index contributed by atoms with van der Waals surface area (Å²) < 4.78 is 43.7. The molecule has 2 aromatic heterocycles. The van der Waals surface area contributed by atoms with Gasteiger partial charge in [0.2, 0.25) is 5.88 Å². The zero-order chi connectivity index (χ0) is 27.5. The monoisotopic (exact) mass is 534 g/mol. The summed E-state index contributed by atoms with van der Waals surface area (Å²) in [5.41, 5.74) is -0.152. The SMILES string of the molecule is Cc1cc(C#N)cc(C(=O)NC(C)(C)C)c1NC(=O)c1cc(OCC(F)(F)F)nn1-c1ncccc1Cl. The number of nitrogens with one attached hydrogen (secondary N) is 2. The number of hydrogen-bond acceptors (Lipinski definition) is 6. The molecule has 9 nitrogen and oxygen atoms in total. The van der Waals surface area contributed by atoms with Crippen LogP contribution in [0.2, 0.25) is 5.02 Å². The highest BCUT2D eigenvalue weighted by molar-refractivity contribution is 6.32. The van der Waals surface area contributed by atoms with Gasteiger partial charge in [0, 0.05) is 17.8 Å². The van der Waals surface area contributed by atoms with Crippen molar-refractivity contribution in [1.29, 1.82) is 5.26 Å². The third-order valence-corrected chi connectivity index (χ3v) is 4.97. The van der Waals surface area contributed by atoms with Gasteiger partial charge in [0.15, 0.2) is 12.4 Å². The van der Waals surface area contributed by atoms with E-state index in [1.165, 1.54) is 30.5 Å². The molecule has 0 saturated carbocycles. The van der Waals surface area contributed by atoms with E-state index < -0.39 is 36.0 Å². The van der Waals surface area contributed by atoms with Crippen LogP contribution in [0.1, 0.15) is 52.7 Å². The molecule has 13 heteroatoms. The van der Waals surface area contributed by atoms with Gasteiger partial charge >= 0.3 is 6.18 Å². The van der Waals surface area contributed by atoms with E-state index in [1.54, 1.807) is 27.7 Å². The molecule has 0 spiro atoms. The molecule has 37 heavy (non-hydrogen) atoms. The minimum absolute atomic E-state index is 0.0234. The van der Waals surface area contributed by atoms with E-state index in [0.29, 0.717) is 5.56 Å². The number of benzene rings is 1. The Morgan fingerprint density at radius 1 is 1.19 bits per heavy atom. The van der Waals surface area contributed by atoms with Gasteiger partial charge in [-0.2, -0.15) is 18.4 Å². The number of aryl methyl sites for hydroxylation is 1. The van der Waals surface area contributed by atoms with Gasteiger partial charge in [0.05, 0.1) is 27.9 Å². The van der Waals surface area contributed by atoms with Crippen molar-refractivity contribution in [1.82, 2.24) is 20.1 Å². The molecule has 3 aromatic rings. The number of rotatable bonds is 6. The fraction of sp³-hybridized carbons (Fsp3) is 0.292. The van der Waals surface area contributed by atoms with Crippen LogP contribution in [0, 0.1) is 18.3 Å². The summed E-state index contributed by atoms with van der Waals surface area (Å²) in [6, 6.07) is 8.76. The highest BCUT2D eigenvalue weighted by Crippen LogP contribution is 2.27. The summed E-state index contributed by atoms with van der Waals surface area (Å²) in [6.07, 6.45) is -3.27. The first-order valence-corrected chi connectivity index (χ1v) is 11.2. The van der Waals surface area contributed by atoms with Crippen molar-refractivity contribution >= 4 is 29.1 Å². The molecule has 0 aliphatic heterocycles. The lowest BCUT2D eigenvalue weighted by Gasteiger charge is -2.22. The van der Waals surface area contributed by atoms with Crippen molar-refractivity contribution in [2.45, 2.75) is 39.4 Å². The molecule has 194 valence electrons. The lowest BCUT2D eigenvalue weighted by Crippen LogP contribution is -2.41. The van der Waals surface area contributed by atoms with E-state index in [0.717, 1.165) is 10.7 Å². The van der Waals surface area contributed by atoms with E-state index in [4.69, 9.17) is 16.3 Å². The van der Waals surface area contributed by atoms with Crippen LogP contribution in [0.5, 0.6) is 5.88 Å². The number of hydrogen-bond donors (Lipinski definition) is 2. The quantitative estimate of drug-likeness (QED) is 0.467. The Morgan fingerprint density at radius 3 is 2.49 bits per heavy atom. The van der Waals surface area contributed by atoms with Gasteiger partial charge in [-0.15, -0.1) is 5.10 Å². The fourth-order valence-corrected chi connectivity index (χ4v) is 3.43. The van der Waals surface area contributed by atoms with E-state index in [2.05, 4.69) is 20.7 Å². The first-order chi connectivity index (χ1) is 17.2. The number of aromatic nitrogens is 3.